The predicted octanol–water partition coefficient (Wildman–Crippen LogP) is 5.44. The van der Waals surface area contributed by atoms with Crippen LogP contribution in [0, 0.1) is 5.82 Å². The van der Waals surface area contributed by atoms with E-state index < -0.39 is 5.82 Å². The van der Waals surface area contributed by atoms with E-state index in [1.165, 1.54) is 30.0 Å². The van der Waals surface area contributed by atoms with Crippen molar-refractivity contribution in [1.82, 2.24) is 0 Å². The van der Waals surface area contributed by atoms with Crippen LogP contribution in [-0.4, -0.2) is 11.0 Å². The minimum Gasteiger partial charge on any atom is -0.508 e. The number of halogens is 1. The summed E-state index contributed by atoms with van der Waals surface area (Å²) >= 11 is 0. The lowest BCUT2D eigenvalue weighted by molar-refractivity contribution is -0.116. The van der Waals surface area contributed by atoms with E-state index >= 15 is 0 Å². The number of carbonyl (C=O) groups excluding carboxylic acids is 1. The number of benzene rings is 3. The minimum atomic E-state index is -0.479. The van der Waals surface area contributed by atoms with Crippen LogP contribution in [0.5, 0.6) is 17.2 Å². The highest BCUT2D eigenvalue weighted by atomic mass is 19.1. The van der Waals surface area contributed by atoms with E-state index in [2.05, 4.69) is 0 Å². The lowest BCUT2D eigenvalue weighted by atomic mass is 10.1. The second-order valence-corrected chi connectivity index (χ2v) is 6.45. The summed E-state index contributed by atoms with van der Waals surface area (Å²) in [7, 11) is 0. The SMILES string of the molecule is CCc1ccc(O)c(CN(C(C)=O)c2cc(F)ccc2Oc2ccccc2)c1. The Morgan fingerprint density at radius 2 is 1.82 bits per heavy atom. The number of amides is 1. The summed E-state index contributed by atoms with van der Waals surface area (Å²) in [6, 6.07) is 18.4. The van der Waals surface area contributed by atoms with E-state index in [9.17, 15) is 14.3 Å². The van der Waals surface area contributed by atoms with Gasteiger partial charge in [-0.3, -0.25) is 4.79 Å². The summed E-state index contributed by atoms with van der Waals surface area (Å²) in [6.45, 7) is 3.51. The standard InChI is InChI=1S/C23H22FNO3/c1-3-17-9-11-22(27)18(13-17)15-25(16(2)26)21-14-19(24)10-12-23(21)28-20-7-5-4-6-8-20/h4-14,27H,3,15H2,1-2H3. The van der Waals surface area contributed by atoms with E-state index in [0.29, 0.717) is 22.7 Å². The molecule has 3 aromatic rings. The van der Waals surface area contributed by atoms with Gasteiger partial charge in [-0.25, -0.2) is 4.39 Å². The quantitative estimate of drug-likeness (QED) is 0.620. The lowest BCUT2D eigenvalue weighted by Crippen LogP contribution is -2.28. The zero-order chi connectivity index (χ0) is 20.1. The molecular formula is C23H22FNO3. The highest BCUT2D eigenvalue weighted by Gasteiger charge is 2.20. The molecule has 0 bridgehead atoms. The number of aryl methyl sites for hydroxylation is 1. The smallest absolute Gasteiger partial charge is 0.224 e. The third-order valence-corrected chi connectivity index (χ3v) is 4.44. The second-order valence-electron chi connectivity index (χ2n) is 6.45. The summed E-state index contributed by atoms with van der Waals surface area (Å²) in [5.41, 5.74) is 1.93. The zero-order valence-electron chi connectivity index (χ0n) is 15.9. The summed E-state index contributed by atoms with van der Waals surface area (Å²) in [4.78, 5) is 13.8. The summed E-state index contributed by atoms with van der Waals surface area (Å²) in [6.07, 6.45) is 0.801. The molecule has 0 spiro atoms. The molecule has 3 aromatic carbocycles. The average molecular weight is 379 g/mol. The highest BCUT2D eigenvalue weighted by Crippen LogP contribution is 2.35. The molecule has 0 aromatic heterocycles. The molecule has 1 N–H and O–H groups in total. The normalized spacial score (nSPS) is 10.5. The van der Waals surface area contributed by atoms with Gasteiger partial charge in [-0.2, -0.15) is 0 Å². The van der Waals surface area contributed by atoms with Gasteiger partial charge in [-0.05, 0) is 42.3 Å². The number of hydrogen-bond donors (Lipinski definition) is 1. The number of para-hydroxylation sites is 1. The average Bonchev–Trinajstić information content (AvgIpc) is 2.69. The van der Waals surface area contributed by atoms with Gasteiger partial charge in [0.1, 0.15) is 17.3 Å². The highest BCUT2D eigenvalue weighted by molar-refractivity contribution is 5.93. The van der Waals surface area contributed by atoms with E-state index in [-0.39, 0.29) is 18.2 Å². The molecule has 1 amide bonds. The van der Waals surface area contributed by atoms with Gasteiger partial charge in [0.2, 0.25) is 5.91 Å². The van der Waals surface area contributed by atoms with Crippen LogP contribution in [0.15, 0.2) is 66.7 Å². The summed E-state index contributed by atoms with van der Waals surface area (Å²) in [5.74, 6) is 0.256. The van der Waals surface area contributed by atoms with Crippen LogP contribution in [-0.2, 0) is 17.8 Å². The van der Waals surface area contributed by atoms with Crippen LogP contribution in [0.25, 0.3) is 0 Å². The number of ether oxygens (including phenoxy) is 1. The first-order valence-corrected chi connectivity index (χ1v) is 9.09. The molecular weight excluding hydrogens is 357 g/mol. The van der Waals surface area contributed by atoms with Crippen molar-refractivity contribution in [2.45, 2.75) is 26.8 Å². The molecule has 5 heteroatoms. The molecule has 0 radical (unpaired) electrons. The molecule has 144 valence electrons. The maximum Gasteiger partial charge on any atom is 0.224 e. The Bertz CT molecular complexity index is 973. The van der Waals surface area contributed by atoms with Crippen molar-refractivity contribution in [3.63, 3.8) is 0 Å². The van der Waals surface area contributed by atoms with Crippen molar-refractivity contribution in [3.05, 3.63) is 83.7 Å². The third-order valence-electron chi connectivity index (χ3n) is 4.44. The third kappa shape index (κ3) is 4.49. The number of anilines is 1. The van der Waals surface area contributed by atoms with Gasteiger partial charge < -0.3 is 14.7 Å². The molecule has 0 heterocycles. The summed E-state index contributed by atoms with van der Waals surface area (Å²) in [5, 5.41) is 10.2. The fourth-order valence-electron chi connectivity index (χ4n) is 2.93. The van der Waals surface area contributed by atoms with Crippen LogP contribution in [0.2, 0.25) is 0 Å². The lowest BCUT2D eigenvalue weighted by Gasteiger charge is -2.24. The van der Waals surface area contributed by atoms with Gasteiger partial charge in [0.15, 0.2) is 5.75 Å². The number of rotatable bonds is 6. The molecule has 0 saturated heterocycles. The van der Waals surface area contributed by atoms with Gasteiger partial charge in [0.25, 0.3) is 0 Å². The summed E-state index contributed by atoms with van der Waals surface area (Å²) < 4.78 is 19.9. The van der Waals surface area contributed by atoms with Gasteiger partial charge in [0, 0.05) is 18.6 Å². The van der Waals surface area contributed by atoms with Crippen molar-refractivity contribution in [2.24, 2.45) is 0 Å². The first-order chi connectivity index (χ1) is 13.5. The first-order valence-electron chi connectivity index (χ1n) is 9.09. The van der Waals surface area contributed by atoms with Crippen molar-refractivity contribution < 1.29 is 19.0 Å². The molecule has 0 atom stereocenters. The van der Waals surface area contributed by atoms with Crippen molar-refractivity contribution in [3.8, 4) is 17.2 Å². The van der Waals surface area contributed by atoms with Gasteiger partial charge in [0.05, 0.1) is 12.2 Å². The predicted molar refractivity (Wildman–Crippen MR) is 107 cm³/mol. The Balaban J connectivity index is 2.00. The zero-order valence-corrected chi connectivity index (χ0v) is 15.9. The number of carbonyl (C=O) groups is 1. The Morgan fingerprint density at radius 3 is 2.50 bits per heavy atom. The first kappa shape index (κ1) is 19.4. The van der Waals surface area contributed by atoms with Crippen molar-refractivity contribution in [1.29, 1.82) is 0 Å². The van der Waals surface area contributed by atoms with E-state index in [4.69, 9.17) is 4.74 Å². The van der Waals surface area contributed by atoms with Crippen LogP contribution < -0.4 is 9.64 Å². The maximum atomic E-state index is 14.0. The molecule has 0 aliphatic rings. The Hall–Kier alpha value is -3.34. The Kier molecular flexibility index (Phi) is 5.94. The van der Waals surface area contributed by atoms with Gasteiger partial charge in [-0.15, -0.1) is 0 Å². The maximum absolute atomic E-state index is 14.0. The van der Waals surface area contributed by atoms with E-state index in [1.54, 1.807) is 18.2 Å². The molecule has 0 saturated carbocycles. The largest absolute Gasteiger partial charge is 0.508 e. The Labute approximate surface area is 163 Å². The van der Waals surface area contributed by atoms with Crippen molar-refractivity contribution in [2.75, 3.05) is 4.90 Å². The topological polar surface area (TPSA) is 49.8 Å². The molecule has 0 unspecified atom stereocenters. The number of aromatic hydroxyl groups is 1. The molecule has 0 aliphatic heterocycles. The molecule has 4 nitrogen and oxygen atoms in total. The van der Waals surface area contributed by atoms with Gasteiger partial charge in [-0.1, -0.05) is 37.3 Å². The van der Waals surface area contributed by atoms with Crippen LogP contribution in [0.4, 0.5) is 10.1 Å². The number of phenols is 1. The molecule has 3 rings (SSSR count). The van der Waals surface area contributed by atoms with Crippen LogP contribution >= 0.6 is 0 Å². The number of phenolic OH excluding ortho intramolecular Hbond substituents is 1. The Morgan fingerprint density at radius 1 is 1.07 bits per heavy atom. The fraction of sp³-hybridized carbons (Fsp3) is 0.174. The monoisotopic (exact) mass is 379 g/mol. The minimum absolute atomic E-state index is 0.0883. The second kappa shape index (κ2) is 8.57. The molecule has 0 aliphatic carbocycles. The molecule has 28 heavy (non-hydrogen) atoms. The number of hydrogen-bond acceptors (Lipinski definition) is 3. The van der Waals surface area contributed by atoms with E-state index in [1.807, 2.05) is 37.3 Å². The van der Waals surface area contributed by atoms with Crippen LogP contribution in [0.3, 0.4) is 0 Å². The van der Waals surface area contributed by atoms with Gasteiger partial charge >= 0.3 is 0 Å². The fourth-order valence-corrected chi connectivity index (χ4v) is 2.93. The van der Waals surface area contributed by atoms with E-state index in [0.717, 1.165) is 12.0 Å². The number of nitrogens with zero attached hydrogens (tertiary/aromatic N) is 1. The molecule has 0 fully saturated rings. The van der Waals surface area contributed by atoms with Crippen LogP contribution in [0.1, 0.15) is 25.0 Å². The van der Waals surface area contributed by atoms with Crippen molar-refractivity contribution >= 4 is 11.6 Å².